The normalized spacial score (nSPS) is 24.3. The Morgan fingerprint density at radius 2 is 2.04 bits per heavy atom. The van der Waals surface area contributed by atoms with E-state index in [0.29, 0.717) is 37.7 Å². The first-order valence-electron chi connectivity index (χ1n) is 8.44. The molecular formula is C18H24FN3O2. The molecule has 130 valence electrons. The summed E-state index contributed by atoms with van der Waals surface area (Å²) in [6.07, 6.45) is 1.31. The fourth-order valence-electron chi connectivity index (χ4n) is 3.72. The third-order valence-corrected chi connectivity index (χ3v) is 5.09. The van der Waals surface area contributed by atoms with Gasteiger partial charge in [-0.3, -0.25) is 9.59 Å². The van der Waals surface area contributed by atoms with Crippen LogP contribution in [0.4, 0.5) is 10.1 Å². The number of hydrogen-bond donors (Lipinski definition) is 0. The van der Waals surface area contributed by atoms with Crippen molar-refractivity contribution < 1.29 is 14.0 Å². The van der Waals surface area contributed by atoms with Crippen molar-refractivity contribution in [3.63, 3.8) is 0 Å². The van der Waals surface area contributed by atoms with Crippen molar-refractivity contribution in [2.75, 3.05) is 38.6 Å². The van der Waals surface area contributed by atoms with Gasteiger partial charge in [-0.05, 0) is 44.6 Å². The Morgan fingerprint density at radius 3 is 2.62 bits per heavy atom. The Bertz CT molecular complexity index is 662. The van der Waals surface area contributed by atoms with Gasteiger partial charge >= 0.3 is 0 Å². The topological polar surface area (TPSA) is 43.9 Å². The van der Waals surface area contributed by atoms with Crippen LogP contribution >= 0.6 is 0 Å². The predicted molar refractivity (Wildman–Crippen MR) is 90.5 cm³/mol. The summed E-state index contributed by atoms with van der Waals surface area (Å²) in [6, 6.07) is 4.66. The van der Waals surface area contributed by atoms with Gasteiger partial charge in [-0.1, -0.05) is 6.92 Å². The van der Waals surface area contributed by atoms with Crippen LogP contribution < -0.4 is 4.90 Å². The summed E-state index contributed by atoms with van der Waals surface area (Å²) in [6.45, 7) is 3.95. The van der Waals surface area contributed by atoms with Crippen molar-refractivity contribution in [1.82, 2.24) is 9.80 Å². The monoisotopic (exact) mass is 333 g/mol. The minimum absolute atomic E-state index is 0.0301. The second-order valence-corrected chi connectivity index (χ2v) is 7.03. The van der Waals surface area contributed by atoms with Crippen LogP contribution in [-0.4, -0.2) is 61.4 Å². The van der Waals surface area contributed by atoms with E-state index in [4.69, 9.17) is 0 Å². The fourth-order valence-corrected chi connectivity index (χ4v) is 3.72. The maximum Gasteiger partial charge on any atom is 0.256 e. The van der Waals surface area contributed by atoms with Crippen molar-refractivity contribution in [3.05, 3.63) is 29.6 Å². The Balaban J connectivity index is 1.83. The van der Waals surface area contributed by atoms with Crippen molar-refractivity contribution in [2.45, 2.75) is 25.8 Å². The molecule has 1 aromatic rings. The average Bonchev–Trinajstić information content (AvgIpc) is 3.13. The summed E-state index contributed by atoms with van der Waals surface area (Å²) in [7, 11) is 3.99. The van der Waals surface area contributed by atoms with Crippen LogP contribution in [0.1, 0.15) is 30.1 Å². The van der Waals surface area contributed by atoms with E-state index >= 15 is 0 Å². The zero-order chi connectivity index (χ0) is 17.4. The number of anilines is 1. The molecule has 0 bridgehead atoms. The van der Waals surface area contributed by atoms with Gasteiger partial charge < -0.3 is 14.7 Å². The molecule has 5 nitrogen and oxygen atoms in total. The van der Waals surface area contributed by atoms with Crippen LogP contribution in [0, 0.1) is 11.7 Å². The highest BCUT2D eigenvalue weighted by atomic mass is 19.1. The molecule has 0 aliphatic carbocycles. The number of likely N-dealkylation sites (tertiary alicyclic amines) is 1. The standard InChI is InChI=1S/C18H24FN3O2/c1-12-10-21(11-16(12)20(2)3)18(24)14-9-13(6-7-15(14)19)22-8-4-5-17(22)23/h6-7,9,12,16H,4-5,8,10-11H2,1-3H3/t12-,16-/m1/s1. The molecule has 3 rings (SSSR count). The van der Waals surface area contributed by atoms with Crippen LogP contribution in [-0.2, 0) is 4.79 Å². The largest absolute Gasteiger partial charge is 0.337 e. The minimum atomic E-state index is -0.531. The molecule has 2 heterocycles. The number of nitrogens with zero attached hydrogens (tertiary/aromatic N) is 3. The third kappa shape index (κ3) is 3.02. The van der Waals surface area contributed by atoms with Crippen molar-refractivity contribution >= 4 is 17.5 Å². The summed E-state index contributed by atoms with van der Waals surface area (Å²) in [5.41, 5.74) is 0.664. The van der Waals surface area contributed by atoms with Gasteiger partial charge in [-0.15, -0.1) is 0 Å². The predicted octanol–water partition coefficient (Wildman–Crippen LogP) is 1.97. The molecular weight excluding hydrogens is 309 g/mol. The molecule has 2 fully saturated rings. The van der Waals surface area contributed by atoms with Gasteiger partial charge in [0.05, 0.1) is 5.56 Å². The van der Waals surface area contributed by atoms with E-state index in [2.05, 4.69) is 11.8 Å². The van der Waals surface area contributed by atoms with Crippen LogP contribution in [0.15, 0.2) is 18.2 Å². The van der Waals surface area contributed by atoms with Crippen molar-refractivity contribution in [3.8, 4) is 0 Å². The molecule has 2 atom stereocenters. The molecule has 0 N–H and O–H groups in total. The molecule has 0 radical (unpaired) electrons. The second kappa shape index (κ2) is 6.51. The van der Waals surface area contributed by atoms with Gasteiger partial charge in [0.1, 0.15) is 5.82 Å². The quantitative estimate of drug-likeness (QED) is 0.849. The lowest BCUT2D eigenvalue weighted by Crippen LogP contribution is -2.36. The van der Waals surface area contributed by atoms with Crippen LogP contribution in [0.3, 0.4) is 0 Å². The summed E-state index contributed by atoms with van der Waals surface area (Å²) in [5, 5.41) is 0. The number of rotatable bonds is 3. The lowest BCUT2D eigenvalue weighted by atomic mass is 10.1. The SMILES string of the molecule is C[C@@H]1CN(C(=O)c2cc(N3CCCC3=O)ccc2F)C[C@H]1N(C)C. The zero-order valence-electron chi connectivity index (χ0n) is 14.5. The summed E-state index contributed by atoms with van der Waals surface area (Å²) >= 11 is 0. The summed E-state index contributed by atoms with van der Waals surface area (Å²) in [5.74, 6) is -0.452. The highest BCUT2D eigenvalue weighted by Gasteiger charge is 2.35. The first-order chi connectivity index (χ1) is 11.4. The van der Waals surface area contributed by atoms with Gasteiger partial charge in [0.25, 0.3) is 5.91 Å². The molecule has 1 aromatic carbocycles. The van der Waals surface area contributed by atoms with Gasteiger partial charge in [-0.25, -0.2) is 4.39 Å². The smallest absolute Gasteiger partial charge is 0.256 e. The van der Waals surface area contributed by atoms with Crippen molar-refractivity contribution in [1.29, 1.82) is 0 Å². The van der Waals surface area contributed by atoms with E-state index in [1.807, 2.05) is 14.1 Å². The number of benzene rings is 1. The van der Waals surface area contributed by atoms with Gasteiger partial charge in [-0.2, -0.15) is 0 Å². The Morgan fingerprint density at radius 1 is 1.29 bits per heavy atom. The lowest BCUT2D eigenvalue weighted by molar-refractivity contribution is -0.117. The van der Waals surface area contributed by atoms with E-state index < -0.39 is 5.82 Å². The molecule has 2 saturated heterocycles. The molecule has 0 spiro atoms. The number of carbonyl (C=O) groups excluding carboxylic acids is 2. The summed E-state index contributed by atoms with van der Waals surface area (Å²) in [4.78, 5) is 30.1. The van der Waals surface area contributed by atoms with Crippen molar-refractivity contribution in [2.24, 2.45) is 5.92 Å². The van der Waals surface area contributed by atoms with Crippen LogP contribution in [0.25, 0.3) is 0 Å². The van der Waals surface area contributed by atoms with Crippen LogP contribution in [0.5, 0.6) is 0 Å². The average molecular weight is 333 g/mol. The molecule has 2 aliphatic heterocycles. The molecule has 2 amide bonds. The van der Waals surface area contributed by atoms with E-state index in [0.717, 1.165) is 6.42 Å². The van der Waals surface area contributed by atoms with E-state index in [1.54, 1.807) is 15.9 Å². The number of amides is 2. The van der Waals surface area contributed by atoms with E-state index in [9.17, 15) is 14.0 Å². The highest BCUT2D eigenvalue weighted by Crippen LogP contribution is 2.27. The Labute approximate surface area is 142 Å². The van der Waals surface area contributed by atoms with Gasteiger partial charge in [0, 0.05) is 37.8 Å². The van der Waals surface area contributed by atoms with E-state index in [-0.39, 0.29) is 23.4 Å². The maximum atomic E-state index is 14.2. The minimum Gasteiger partial charge on any atom is -0.337 e. The van der Waals surface area contributed by atoms with E-state index in [1.165, 1.54) is 12.1 Å². The molecule has 2 aliphatic rings. The maximum absolute atomic E-state index is 14.2. The number of likely N-dealkylation sites (N-methyl/N-ethyl adjacent to an activating group) is 1. The highest BCUT2D eigenvalue weighted by molar-refractivity contribution is 5.99. The summed E-state index contributed by atoms with van der Waals surface area (Å²) < 4.78 is 14.2. The number of hydrogen-bond acceptors (Lipinski definition) is 3. The second-order valence-electron chi connectivity index (χ2n) is 7.03. The van der Waals surface area contributed by atoms with Gasteiger partial charge in [0.15, 0.2) is 0 Å². The number of carbonyl (C=O) groups is 2. The molecule has 0 aromatic heterocycles. The Kier molecular flexibility index (Phi) is 4.58. The molecule has 0 unspecified atom stereocenters. The zero-order valence-corrected chi connectivity index (χ0v) is 14.5. The number of halogens is 1. The van der Waals surface area contributed by atoms with Crippen LogP contribution in [0.2, 0.25) is 0 Å². The molecule has 6 heteroatoms. The third-order valence-electron chi connectivity index (χ3n) is 5.09. The molecule has 0 saturated carbocycles. The lowest BCUT2D eigenvalue weighted by Gasteiger charge is -2.22. The molecule has 24 heavy (non-hydrogen) atoms. The Hall–Kier alpha value is -1.95. The first-order valence-corrected chi connectivity index (χ1v) is 8.44. The fraction of sp³-hybridized carbons (Fsp3) is 0.556. The first kappa shape index (κ1) is 16.9. The van der Waals surface area contributed by atoms with Gasteiger partial charge in [0.2, 0.25) is 5.91 Å².